The molecule has 1 rings (SSSR count). The highest BCUT2D eigenvalue weighted by atomic mass is 16.5. The number of hydrogen-bond donors (Lipinski definition) is 1. The standard InChI is InChI=1S/C10H14N2O4/c1-4-15-9(13)7-6-12(3)11-8(7)10(14)16-5-2/h6H,4-5H2,1-3H3/p+1. The Morgan fingerprint density at radius 1 is 1.25 bits per heavy atom. The van der Waals surface area contributed by atoms with Crippen LogP contribution in [0.3, 0.4) is 0 Å². The average Bonchev–Trinajstić information content (AvgIpc) is 2.61. The third-order valence-corrected chi connectivity index (χ3v) is 1.86. The summed E-state index contributed by atoms with van der Waals surface area (Å²) >= 11 is 0. The van der Waals surface area contributed by atoms with E-state index in [-0.39, 0.29) is 24.5 Å². The fourth-order valence-corrected chi connectivity index (χ4v) is 1.25. The number of esters is 2. The summed E-state index contributed by atoms with van der Waals surface area (Å²) < 4.78 is 11.1. The van der Waals surface area contributed by atoms with E-state index in [1.54, 1.807) is 20.9 Å². The quantitative estimate of drug-likeness (QED) is 0.589. The second-order valence-corrected chi connectivity index (χ2v) is 3.08. The molecule has 88 valence electrons. The molecule has 6 nitrogen and oxygen atoms in total. The van der Waals surface area contributed by atoms with Crippen molar-refractivity contribution in [2.75, 3.05) is 13.2 Å². The van der Waals surface area contributed by atoms with Crippen molar-refractivity contribution < 1.29 is 23.7 Å². The zero-order valence-corrected chi connectivity index (χ0v) is 9.57. The Labute approximate surface area is 93.1 Å². The van der Waals surface area contributed by atoms with E-state index < -0.39 is 11.9 Å². The molecule has 1 N–H and O–H groups in total. The number of carbonyl (C=O) groups excluding carboxylic acids is 2. The van der Waals surface area contributed by atoms with E-state index in [0.717, 1.165) is 0 Å². The van der Waals surface area contributed by atoms with Gasteiger partial charge >= 0.3 is 11.9 Å². The summed E-state index contributed by atoms with van der Waals surface area (Å²) in [5.41, 5.74) is 0.297. The Balaban J connectivity index is 2.99. The van der Waals surface area contributed by atoms with Gasteiger partial charge in [-0.1, -0.05) is 0 Å². The van der Waals surface area contributed by atoms with Crippen molar-refractivity contribution in [1.82, 2.24) is 5.10 Å². The van der Waals surface area contributed by atoms with Crippen molar-refractivity contribution in [3.05, 3.63) is 17.5 Å². The number of aromatic amines is 1. The second-order valence-electron chi connectivity index (χ2n) is 3.08. The predicted octanol–water partition coefficient (Wildman–Crippen LogP) is 0.193. The van der Waals surface area contributed by atoms with Gasteiger partial charge < -0.3 is 9.47 Å². The summed E-state index contributed by atoms with van der Waals surface area (Å²) in [7, 11) is 1.67. The summed E-state index contributed by atoms with van der Waals surface area (Å²) in [6, 6.07) is 0. The fourth-order valence-electron chi connectivity index (χ4n) is 1.25. The highest BCUT2D eigenvalue weighted by Gasteiger charge is 2.26. The van der Waals surface area contributed by atoms with E-state index in [4.69, 9.17) is 9.47 Å². The number of hydrogen-bond acceptors (Lipinski definition) is 4. The first-order chi connectivity index (χ1) is 7.60. The molecule has 0 saturated heterocycles. The third-order valence-electron chi connectivity index (χ3n) is 1.86. The van der Waals surface area contributed by atoms with Crippen LogP contribution in [0, 0.1) is 0 Å². The van der Waals surface area contributed by atoms with Crippen LogP contribution < -0.4 is 4.68 Å². The molecule has 0 bridgehead atoms. The molecule has 0 aliphatic rings. The minimum absolute atomic E-state index is 0.114. The molecule has 1 aromatic rings. The molecule has 16 heavy (non-hydrogen) atoms. The van der Waals surface area contributed by atoms with Gasteiger partial charge in [0.25, 0.3) is 0 Å². The lowest BCUT2D eigenvalue weighted by Crippen LogP contribution is -2.29. The largest absolute Gasteiger partial charge is 0.462 e. The van der Waals surface area contributed by atoms with Crippen LogP contribution in [-0.2, 0) is 16.5 Å². The van der Waals surface area contributed by atoms with Crippen LogP contribution in [0.5, 0.6) is 0 Å². The number of nitrogens with one attached hydrogen (secondary N) is 1. The number of aryl methyl sites for hydroxylation is 1. The number of nitrogens with zero attached hydrogens (tertiary/aromatic N) is 1. The summed E-state index contributed by atoms with van der Waals surface area (Å²) in [5.74, 6) is -1.10. The Morgan fingerprint density at radius 3 is 2.38 bits per heavy atom. The van der Waals surface area contributed by atoms with Crippen molar-refractivity contribution in [1.29, 1.82) is 0 Å². The Morgan fingerprint density at radius 2 is 1.81 bits per heavy atom. The maximum atomic E-state index is 11.5. The SMILES string of the molecule is CCOC(=O)c1c[n+](C)[nH]c1C(=O)OCC. The van der Waals surface area contributed by atoms with Gasteiger partial charge in [-0.15, -0.1) is 4.68 Å². The van der Waals surface area contributed by atoms with Gasteiger partial charge in [-0.25, -0.2) is 9.59 Å². The number of H-pyrrole nitrogens is 1. The van der Waals surface area contributed by atoms with Crippen LogP contribution in [-0.4, -0.2) is 30.3 Å². The number of aromatic nitrogens is 2. The van der Waals surface area contributed by atoms with Crippen molar-refractivity contribution in [2.24, 2.45) is 7.05 Å². The molecule has 0 aromatic carbocycles. The van der Waals surface area contributed by atoms with Gasteiger partial charge in [0, 0.05) is 0 Å². The summed E-state index contributed by atoms with van der Waals surface area (Å²) in [4.78, 5) is 23.0. The van der Waals surface area contributed by atoms with Gasteiger partial charge in [-0.3, -0.25) is 0 Å². The van der Waals surface area contributed by atoms with E-state index in [0.29, 0.717) is 0 Å². The van der Waals surface area contributed by atoms with Crippen LogP contribution in [0.2, 0.25) is 0 Å². The summed E-state index contributed by atoms with van der Waals surface area (Å²) in [5, 5.41) is 2.71. The Hall–Kier alpha value is -1.85. The van der Waals surface area contributed by atoms with Crippen LogP contribution in [0.25, 0.3) is 0 Å². The van der Waals surface area contributed by atoms with Gasteiger partial charge in [0.2, 0.25) is 11.9 Å². The molecule has 0 unspecified atom stereocenters. The fraction of sp³-hybridized carbons (Fsp3) is 0.500. The lowest BCUT2D eigenvalue weighted by Gasteiger charge is -2.00. The molecule has 1 heterocycles. The monoisotopic (exact) mass is 227 g/mol. The molecule has 0 spiro atoms. The molecule has 0 atom stereocenters. The van der Waals surface area contributed by atoms with Gasteiger partial charge in [0.1, 0.15) is 0 Å². The lowest BCUT2D eigenvalue weighted by molar-refractivity contribution is -0.727. The Bertz CT molecular complexity index is 362. The van der Waals surface area contributed by atoms with Crippen LogP contribution in [0.1, 0.15) is 34.7 Å². The van der Waals surface area contributed by atoms with Crippen molar-refractivity contribution in [3.63, 3.8) is 0 Å². The third kappa shape index (κ3) is 2.59. The first kappa shape index (κ1) is 12.2. The molecule has 0 aliphatic carbocycles. The number of rotatable bonds is 4. The van der Waals surface area contributed by atoms with E-state index in [1.165, 1.54) is 10.9 Å². The first-order valence-corrected chi connectivity index (χ1v) is 5.03. The van der Waals surface area contributed by atoms with Crippen LogP contribution in [0.15, 0.2) is 6.20 Å². The normalized spacial score (nSPS) is 9.94. The predicted molar refractivity (Wildman–Crippen MR) is 53.9 cm³/mol. The minimum atomic E-state index is -0.564. The van der Waals surface area contributed by atoms with Gasteiger partial charge in [0.05, 0.1) is 13.2 Å². The van der Waals surface area contributed by atoms with E-state index in [1.807, 2.05) is 0 Å². The molecule has 0 radical (unpaired) electrons. The van der Waals surface area contributed by atoms with Crippen LogP contribution in [0.4, 0.5) is 0 Å². The van der Waals surface area contributed by atoms with Crippen LogP contribution >= 0.6 is 0 Å². The van der Waals surface area contributed by atoms with E-state index >= 15 is 0 Å². The van der Waals surface area contributed by atoms with Crippen molar-refractivity contribution in [2.45, 2.75) is 13.8 Å². The topological polar surface area (TPSA) is 72.3 Å². The minimum Gasteiger partial charge on any atom is -0.462 e. The average molecular weight is 227 g/mol. The molecule has 0 aliphatic heterocycles. The maximum absolute atomic E-state index is 11.5. The van der Waals surface area contributed by atoms with Crippen molar-refractivity contribution >= 4 is 11.9 Å². The molecular formula is C10H15N2O4+. The molecular weight excluding hydrogens is 212 g/mol. The lowest BCUT2D eigenvalue weighted by atomic mass is 10.2. The highest BCUT2D eigenvalue weighted by molar-refractivity contribution is 6.01. The molecule has 0 saturated carbocycles. The Kier molecular flexibility index (Phi) is 4.04. The zero-order valence-electron chi connectivity index (χ0n) is 9.57. The maximum Gasteiger partial charge on any atom is 0.361 e. The zero-order chi connectivity index (χ0) is 12.1. The van der Waals surface area contributed by atoms with Gasteiger partial charge in [-0.2, -0.15) is 5.10 Å². The van der Waals surface area contributed by atoms with Gasteiger partial charge in [-0.05, 0) is 13.8 Å². The second kappa shape index (κ2) is 5.29. The van der Waals surface area contributed by atoms with Crippen molar-refractivity contribution in [3.8, 4) is 0 Å². The van der Waals surface area contributed by atoms with E-state index in [2.05, 4.69) is 5.10 Å². The summed E-state index contributed by atoms with van der Waals surface area (Å²) in [6.45, 7) is 3.92. The molecule has 1 aromatic heterocycles. The first-order valence-electron chi connectivity index (χ1n) is 5.03. The van der Waals surface area contributed by atoms with Gasteiger partial charge in [0.15, 0.2) is 12.6 Å². The smallest absolute Gasteiger partial charge is 0.361 e. The summed E-state index contributed by atoms with van der Waals surface area (Å²) in [6.07, 6.45) is 1.49. The number of carbonyl (C=O) groups is 2. The molecule has 0 amide bonds. The molecule has 0 fully saturated rings. The highest BCUT2D eigenvalue weighted by Crippen LogP contribution is 2.07. The number of ether oxygens (including phenoxy) is 2. The molecule has 6 heteroatoms. The van der Waals surface area contributed by atoms with E-state index in [9.17, 15) is 9.59 Å².